The molecule has 2 aromatic carbocycles. The lowest BCUT2D eigenvalue weighted by molar-refractivity contribution is 0.226. The molecule has 7 heteroatoms. The Hall–Kier alpha value is -3.06. The lowest BCUT2D eigenvalue weighted by atomic mass is 10.1. The van der Waals surface area contributed by atoms with E-state index < -0.39 is 6.23 Å². The highest BCUT2D eigenvalue weighted by molar-refractivity contribution is 7.99. The molecule has 146 valence electrons. The molecule has 29 heavy (non-hydrogen) atoms. The van der Waals surface area contributed by atoms with Crippen molar-refractivity contribution in [3.05, 3.63) is 60.3 Å². The number of H-pyrrole nitrogens is 1. The SMILES string of the molecule is CCCCSc1nnc2c(n1)O[C@@H](c1c[nH]c3ccccc13)Nc1ccccc1-2. The molecule has 0 amide bonds. The average molecular weight is 404 g/mol. The van der Waals surface area contributed by atoms with E-state index in [-0.39, 0.29) is 0 Å². The number of nitrogens with one attached hydrogen (secondary N) is 2. The third-order valence-corrected chi connectivity index (χ3v) is 5.89. The van der Waals surface area contributed by atoms with E-state index in [1.54, 1.807) is 11.8 Å². The molecule has 2 N–H and O–H groups in total. The molecule has 6 nitrogen and oxygen atoms in total. The Morgan fingerprint density at radius 3 is 2.86 bits per heavy atom. The number of rotatable bonds is 5. The molecule has 4 aromatic rings. The van der Waals surface area contributed by atoms with Crippen molar-refractivity contribution in [1.82, 2.24) is 20.2 Å². The summed E-state index contributed by atoms with van der Waals surface area (Å²) in [4.78, 5) is 8.03. The summed E-state index contributed by atoms with van der Waals surface area (Å²) in [5.41, 5.74) is 4.65. The maximum atomic E-state index is 6.38. The number of thioether (sulfide) groups is 1. The lowest BCUT2D eigenvalue weighted by Gasteiger charge is -2.18. The molecule has 0 spiro atoms. The highest BCUT2D eigenvalue weighted by atomic mass is 32.2. The first-order chi connectivity index (χ1) is 14.3. The van der Waals surface area contributed by atoms with Gasteiger partial charge >= 0.3 is 0 Å². The van der Waals surface area contributed by atoms with Gasteiger partial charge in [0, 0.05) is 39.7 Å². The minimum atomic E-state index is -0.390. The van der Waals surface area contributed by atoms with Gasteiger partial charge < -0.3 is 15.0 Å². The molecule has 0 saturated carbocycles. The van der Waals surface area contributed by atoms with Crippen LogP contribution in [0.1, 0.15) is 31.6 Å². The first-order valence-electron chi connectivity index (χ1n) is 9.79. The largest absolute Gasteiger partial charge is 0.448 e. The molecule has 1 aliphatic rings. The fraction of sp³-hybridized carbons (Fsp3) is 0.227. The second kappa shape index (κ2) is 7.75. The van der Waals surface area contributed by atoms with Crippen LogP contribution in [-0.4, -0.2) is 25.9 Å². The van der Waals surface area contributed by atoms with E-state index in [0.717, 1.165) is 46.3 Å². The highest BCUT2D eigenvalue weighted by Crippen LogP contribution is 2.40. The van der Waals surface area contributed by atoms with Crippen molar-refractivity contribution < 1.29 is 4.74 Å². The van der Waals surface area contributed by atoms with Crippen molar-refractivity contribution in [2.24, 2.45) is 0 Å². The van der Waals surface area contributed by atoms with Crippen LogP contribution >= 0.6 is 11.8 Å². The van der Waals surface area contributed by atoms with Crippen LogP contribution in [0.15, 0.2) is 59.9 Å². The van der Waals surface area contributed by atoms with Crippen LogP contribution in [0.25, 0.3) is 22.2 Å². The number of para-hydroxylation sites is 2. The summed E-state index contributed by atoms with van der Waals surface area (Å²) >= 11 is 1.62. The van der Waals surface area contributed by atoms with Crippen molar-refractivity contribution in [3.63, 3.8) is 0 Å². The van der Waals surface area contributed by atoms with Gasteiger partial charge in [0.25, 0.3) is 0 Å². The Kier molecular flexibility index (Phi) is 4.81. The summed E-state index contributed by atoms with van der Waals surface area (Å²) in [5.74, 6) is 1.48. The van der Waals surface area contributed by atoms with Gasteiger partial charge in [-0.25, -0.2) is 0 Å². The molecule has 1 atom stereocenters. The van der Waals surface area contributed by atoms with Gasteiger partial charge in [-0.2, -0.15) is 4.98 Å². The third kappa shape index (κ3) is 3.42. The van der Waals surface area contributed by atoms with Gasteiger partial charge in [-0.05, 0) is 18.6 Å². The second-order valence-electron chi connectivity index (χ2n) is 6.93. The van der Waals surface area contributed by atoms with Gasteiger partial charge in [0.05, 0.1) is 0 Å². The zero-order valence-electron chi connectivity index (χ0n) is 16.1. The molecule has 2 aromatic heterocycles. The Balaban J connectivity index is 1.58. The molecular weight excluding hydrogens is 382 g/mol. The summed E-state index contributed by atoms with van der Waals surface area (Å²) in [6, 6.07) is 16.2. The van der Waals surface area contributed by atoms with Crippen LogP contribution in [-0.2, 0) is 0 Å². The second-order valence-corrected chi connectivity index (χ2v) is 7.99. The van der Waals surface area contributed by atoms with E-state index >= 15 is 0 Å². The zero-order valence-corrected chi connectivity index (χ0v) is 16.9. The molecule has 3 heterocycles. The number of hydrogen-bond acceptors (Lipinski definition) is 6. The molecule has 0 bridgehead atoms. The van der Waals surface area contributed by atoms with Crippen molar-refractivity contribution in [2.45, 2.75) is 31.1 Å². The van der Waals surface area contributed by atoms with Crippen molar-refractivity contribution >= 4 is 28.4 Å². The normalized spacial score (nSPS) is 15.1. The van der Waals surface area contributed by atoms with E-state index in [1.165, 1.54) is 0 Å². The first-order valence-corrected chi connectivity index (χ1v) is 10.8. The molecule has 1 aliphatic heterocycles. The molecule has 0 saturated heterocycles. The monoisotopic (exact) mass is 403 g/mol. The topological polar surface area (TPSA) is 75.7 Å². The summed E-state index contributed by atoms with van der Waals surface area (Å²) in [6.45, 7) is 2.17. The number of aromatic nitrogens is 4. The number of aromatic amines is 1. The van der Waals surface area contributed by atoms with Gasteiger partial charge in [-0.1, -0.05) is 61.5 Å². The minimum absolute atomic E-state index is 0.390. The first kappa shape index (κ1) is 18.0. The minimum Gasteiger partial charge on any atom is -0.448 e. The highest BCUT2D eigenvalue weighted by Gasteiger charge is 2.27. The molecule has 0 radical (unpaired) electrons. The van der Waals surface area contributed by atoms with Crippen LogP contribution in [0.3, 0.4) is 0 Å². The summed E-state index contributed by atoms with van der Waals surface area (Å²) < 4.78 is 6.38. The summed E-state index contributed by atoms with van der Waals surface area (Å²) in [7, 11) is 0. The van der Waals surface area contributed by atoms with Crippen LogP contribution in [0.4, 0.5) is 5.69 Å². The number of hydrogen-bond donors (Lipinski definition) is 2. The Labute approximate surface area is 173 Å². The summed E-state index contributed by atoms with van der Waals surface area (Å²) in [5, 5.41) is 14.1. The van der Waals surface area contributed by atoms with Gasteiger partial charge in [0.1, 0.15) is 0 Å². The van der Waals surface area contributed by atoms with E-state index in [4.69, 9.17) is 9.72 Å². The predicted octanol–water partition coefficient (Wildman–Crippen LogP) is 5.42. The van der Waals surface area contributed by atoms with Crippen LogP contribution in [0.2, 0.25) is 0 Å². The zero-order chi connectivity index (χ0) is 19.6. The number of fused-ring (bicyclic) bond motifs is 4. The van der Waals surface area contributed by atoms with Gasteiger partial charge in [0.15, 0.2) is 11.9 Å². The Bertz CT molecular complexity index is 1160. The van der Waals surface area contributed by atoms with Crippen LogP contribution < -0.4 is 10.1 Å². The molecule has 0 fully saturated rings. The number of nitrogens with zero attached hydrogens (tertiary/aromatic N) is 3. The quantitative estimate of drug-likeness (QED) is 0.342. The number of benzene rings is 2. The van der Waals surface area contributed by atoms with Crippen molar-refractivity contribution in [2.75, 3.05) is 11.1 Å². The van der Waals surface area contributed by atoms with Crippen molar-refractivity contribution in [1.29, 1.82) is 0 Å². The summed E-state index contributed by atoms with van der Waals surface area (Å²) in [6.07, 6.45) is 3.86. The predicted molar refractivity (Wildman–Crippen MR) is 116 cm³/mol. The van der Waals surface area contributed by atoms with Crippen LogP contribution in [0.5, 0.6) is 5.88 Å². The average Bonchev–Trinajstić information content (AvgIpc) is 3.11. The third-order valence-electron chi connectivity index (χ3n) is 4.97. The Morgan fingerprint density at radius 1 is 1.07 bits per heavy atom. The van der Waals surface area contributed by atoms with Gasteiger partial charge in [-0.15, -0.1) is 10.2 Å². The fourth-order valence-electron chi connectivity index (χ4n) is 3.47. The molecule has 0 unspecified atom stereocenters. The van der Waals surface area contributed by atoms with E-state index in [9.17, 15) is 0 Å². The molecule has 0 aliphatic carbocycles. The van der Waals surface area contributed by atoms with E-state index in [1.807, 2.05) is 42.6 Å². The lowest BCUT2D eigenvalue weighted by Crippen LogP contribution is -2.16. The van der Waals surface area contributed by atoms with Crippen molar-refractivity contribution in [3.8, 4) is 17.1 Å². The maximum Gasteiger partial charge on any atom is 0.247 e. The number of ether oxygens (including phenoxy) is 1. The number of unbranched alkanes of at least 4 members (excludes halogenated alkanes) is 1. The number of anilines is 1. The van der Waals surface area contributed by atoms with E-state index in [0.29, 0.717) is 16.7 Å². The maximum absolute atomic E-state index is 6.38. The van der Waals surface area contributed by atoms with Gasteiger partial charge in [-0.3, -0.25) is 0 Å². The van der Waals surface area contributed by atoms with Crippen LogP contribution in [0, 0.1) is 0 Å². The molecular formula is C22H21N5OS. The fourth-order valence-corrected chi connectivity index (χ4v) is 4.33. The van der Waals surface area contributed by atoms with Gasteiger partial charge in [0.2, 0.25) is 11.0 Å². The molecule has 5 rings (SSSR count). The standard InChI is InChI=1S/C22H21N5OS/c1-2-3-12-29-22-25-21-19(26-27-22)15-9-5-7-11-18(15)24-20(28-21)16-13-23-17-10-6-4-8-14(16)17/h4-11,13,20,23-24H,2-3,12H2,1H3/t20-/m0/s1. The van der Waals surface area contributed by atoms with E-state index in [2.05, 4.69) is 39.6 Å². The smallest absolute Gasteiger partial charge is 0.247 e. The Morgan fingerprint density at radius 2 is 1.93 bits per heavy atom.